The minimum absolute atomic E-state index is 0.132. The minimum atomic E-state index is -0.132. The van der Waals surface area contributed by atoms with E-state index in [9.17, 15) is 4.39 Å². The van der Waals surface area contributed by atoms with E-state index in [4.69, 9.17) is 0 Å². The molecule has 1 unspecified atom stereocenters. The van der Waals surface area contributed by atoms with Crippen LogP contribution in [0.3, 0.4) is 0 Å². The van der Waals surface area contributed by atoms with Gasteiger partial charge in [0.25, 0.3) is 0 Å². The molecular weight excluding hydrogens is 203 g/mol. The molecule has 2 nitrogen and oxygen atoms in total. The van der Waals surface area contributed by atoms with Gasteiger partial charge in [-0.25, -0.2) is 4.39 Å². The van der Waals surface area contributed by atoms with E-state index in [0.29, 0.717) is 5.92 Å². The second-order valence-corrected chi connectivity index (χ2v) is 4.63. The summed E-state index contributed by atoms with van der Waals surface area (Å²) < 4.78 is 13.2. The van der Waals surface area contributed by atoms with Crippen molar-refractivity contribution in [3.05, 3.63) is 29.6 Å². The quantitative estimate of drug-likeness (QED) is 0.838. The van der Waals surface area contributed by atoms with E-state index in [1.54, 1.807) is 12.1 Å². The molecule has 3 heteroatoms. The van der Waals surface area contributed by atoms with Crippen molar-refractivity contribution >= 4 is 5.69 Å². The summed E-state index contributed by atoms with van der Waals surface area (Å²) in [6.07, 6.45) is 1.04. The molecule has 1 N–H and O–H groups in total. The molecule has 0 bridgehead atoms. The van der Waals surface area contributed by atoms with Gasteiger partial charge in [-0.05, 0) is 43.6 Å². The van der Waals surface area contributed by atoms with E-state index >= 15 is 0 Å². The van der Waals surface area contributed by atoms with E-state index < -0.39 is 0 Å². The molecule has 88 valence electrons. The van der Waals surface area contributed by atoms with Crippen LogP contribution in [0.25, 0.3) is 0 Å². The fourth-order valence-corrected chi connectivity index (χ4v) is 2.40. The zero-order chi connectivity index (χ0) is 11.5. The Bertz CT molecular complexity index is 365. The number of nitrogens with one attached hydrogen (secondary N) is 1. The summed E-state index contributed by atoms with van der Waals surface area (Å²) in [5.74, 6) is 0.450. The number of fused-ring (bicyclic) bond motifs is 1. The summed E-state index contributed by atoms with van der Waals surface area (Å²) in [6.45, 7) is 5.24. The molecule has 0 amide bonds. The van der Waals surface area contributed by atoms with Crippen molar-refractivity contribution in [1.82, 2.24) is 5.32 Å². The van der Waals surface area contributed by atoms with Gasteiger partial charge in [-0.1, -0.05) is 13.0 Å². The van der Waals surface area contributed by atoms with Crippen LogP contribution in [0.2, 0.25) is 0 Å². The Labute approximate surface area is 96.5 Å². The monoisotopic (exact) mass is 222 g/mol. The van der Waals surface area contributed by atoms with Gasteiger partial charge < -0.3 is 10.2 Å². The summed E-state index contributed by atoms with van der Waals surface area (Å²) in [5, 5.41) is 3.18. The zero-order valence-electron chi connectivity index (χ0n) is 9.96. The molecule has 0 aromatic heterocycles. The van der Waals surface area contributed by atoms with Gasteiger partial charge in [-0.2, -0.15) is 0 Å². The smallest absolute Gasteiger partial charge is 0.125 e. The summed E-state index contributed by atoms with van der Waals surface area (Å²) in [4.78, 5) is 2.29. The lowest BCUT2D eigenvalue weighted by atomic mass is 10.1. The first-order valence-corrected chi connectivity index (χ1v) is 5.88. The molecule has 1 aromatic carbocycles. The third-order valence-corrected chi connectivity index (χ3v) is 3.12. The normalized spacial score (nSPS) is 16.3. The van der Waals surface area contributed by atoms with E-state index in [1.807, 2.05) is 13.1 Å². The third kappa shape index (κ3) is 2.35. The second-order valence-electron chi connectivity index (χ2n) is 4.63. The number of nitrogens with zero attached hydrogens (tertiary/aromatic N) is 1. The number of anilines is 1. The lowest BCUT2D eigenvalue weighted by molar-refractivity contribution is 0.534. The largest absolute Gasteiger partial charge is 0.371 e. The van der Waals surface area contributed by atoms with Crippen LogP contribution in [0.4, 0.5) is 10.1 Å². The molecule has 0 fully saturated rings. The van der Waals surface area contributed by atoms with Crippen LogP contribution in [0.5, 0.6) is 0 Å². The average molecular weight is 222 g/mol. The molecule has 0 saturated heterocycles. The van der Waals surface area contributed by atoms with Gasteiger partial charge in [0, 0.05) is 18.8 Å². The van der Waals surface area contributed by atoms with Crippen molar-refractivity contribution in [3.63, 3.8) is 0 Å². The Morgan fingerprint density at radius 3 is 3.06 bits per heavy atom. The number of rotatable bonds is 4. The number of hydrogen-bond acceptors (Lipinski definition) is 2. The lowest BCUT2D eigenvalue weighted by Gasteiger charge is -2.23. The molecule has 0 saturated carbocycles. The van der Waals surface area contributed by atoms with Crippen LogP contribution in [0, 0.1) is 11.7 Å². The van der Waals surface area contributed by atoms with Gasteiger partial charge in [0.2, 0.25) is 0 Å². The summed E-state index contributed by atoms with van der Waals surface area (Å²) in [7, 11) is 1.97. The van der Waals surface area contributed by atoms with Gasteiger partial charge in [0.15, 0.2) is 0 Å². The van der Waals surface area contributed by atoms with E-state index in [-0.39, 0.29) is 5.82 Å². The summed E-state index contributed by atoms with van der Waals surface area (Å²) >= 11 is 0. The maximum atomic E-state index is 13.2. The Balaban J connectivity index is 2.08. The Hall–Kier alpha value is -1.09. The minimum Gasteiger partial charge on any atom is -0.371 e. The molecule has 2 rings (SSSR count). The fourth-order valence-electron chi connectivity index (χ4n) is 2.40. The Morgan fingerprint density at radius 1 is 1.50 bits per heavy atom. The molecule has 1 atom stereocenters. The first-order valence-electron chi connectivity index (χ1n) is 5.88. The maximum Gasteiger partial charge on any atom is 0.125 e. The van der Waals surface area contributed by atoms with E-state index in [2.05, 4.69) is 17.1 Å². The van der Waals surface area contributed by atoms with Crippen LogP contribution in [0.1, 0.15) is 12.5 Å². The molecule has 1 aromatic rings. The predicted molar refractivity (Wildman–Crippen MR) is 65.4 cm³/mol. The molecule has 16 heavy (non-hydrogen) atoms. The lowest BCUT2D eigenvalue weighted by Crippen LogP contribution is -2.31. The SMILES string of the molecule is CNCC(C)CN1CCc2ccc(F)cc21. The average Bonchev–Trinajstić information content (AvgIpc) is 2.61. The summed E-state index contributed by atoms with van der Waals surface area (Å²) in [5.41, 5.74) is 2.36. The first kappa shape index (κ1) is 11.4. The molecule has 0 radical (unpaired) electrons. The predicted octanol–water partition coefficient (Wildman–Crippen LogP) is 2.04. The van der Waals surface area contributed by atoms with Gasteiger partial charge >= 0.3 is 0 Å². The van der Waals surface area contributed by atoms with Crippen LogP contribution >= 0.6 is 0 Å². The molecule has 1 aliphatic rings. The Morgan fingerprint density at radius 2 is 2.31 bits per heavy atom. The van der Waals surface area contributed by atoms with Crippen molar-refractivity contribution in [2.75, 3.05) is 31.6 Å². The first-order chi connectivity index (χ1) is 7.70. The highest BCUT2D eigenvalue weighted by Gasteiger charge is 2.20. The van der Waals surface area contributed by atoms with Crippen molar-refractivity contribution in [2.24, 2.45) is 5.92 Å². The van der Waals surface area contributed by atoms with Crippen molar-refractivity contribution in [1.29, 1.82) is 0 Å². The maximum absolute atomic E-state index is 13.2. The van der Waals surface area contributed by atoms with E-state index in [1.165, 1.54) is 5.56 Å². The van der Waals surface area contributed by atoms with Crippen molar-refractivity contribution in [3.8, 4) is 0 Å². The van der Waals surface area contributed by atoms with Gasteiger partial charge in [-0.15, -0.1) is 0 Å². The van der Waals surface area contributed by atoms with Gasteiger partial charge in [0.05, 0.1) is 0 Å². The molecular formula is C13H19FN2. The third-order valence-electron chi connectivity index (χ3n) is 3.12. The molecule has 1 aliphatic heterocycles. The van der Waals surface area contributed by atoms with Crippen LogP contribution in [0.15, 0.2) is 18.2 Å². The van der Waals surface area contributed by atoms with E-state index in [0.717, 1.165) is 31.7 Å². The fraction of sp³-hybridized carbons (Fsp3) is 0.538. The Kier molecular flexibility index (Phi) is 3.44. The van der Waals surface area contributed by atoms with Crippen molar-refractivity contribution in [2.45, 2.75) is 13.3 Å². The highest BCUT2D eigenvalue weighted by Crippen LogP contribution is 2.29. The van der Waals surface area contributed by atoms with Crippen molar-refractivity contribution < 1.29 is 4.39 Å². The molecule has 1 heterocycles. The standard InChI is InChI=1S/C13H19FN2/c1-10(8-15-2)9-16-6-5-11-3-4-12(14)7-13(11)16/h3-4,7,10,15H,5-6,8-9H2,1-2H3. The van der Waals surface area contributed by atoms with Crippen LogP contribution in [-0.4, -0.2) is 26.7 Å². The van der Waals surface area contributed by atoms with Gasteiger partial charge in [0.1, 0.15) is 5.82 Å². The topological polar surface area (TPSA) is 15.3 Å². The zero-order valence-corrected chi connectivity index (χ0v) is 9.96. The second kappa shape index (κ2) is 4.83. The van der Waals surface area contributed by atoms with Crippen LogP contribution in [-0.2, 0) is 6.42 Å². The number of hydrogen-bond donors (Lipinski definition) is 1. The molecule has 0 aliphatic carbocycles. The highest BCUT2D eigenvalue weighted by atomic mass is 19.1. The van der Waals surface area contributed by atoms with Gasteiger partial charge in [-0.3, -0.25) is 0 Å². The number of benzene rings is 1. The van der Waals surface area contributed by atoms with Crippen LogP contribution < -0.4 is 10.2 Å². The highest BCUT2D eigenvalue weighted by molar-refractivity contribution is 5.58. The summed E-state index contributed by atoms with van der Waals surface area (Å²) in [6, 6.07) is 5.13. The number of halogens is 1. The molecule has 0 spiro atoms.